The van der Waals surface area contributed by atoms with Crippen molar-refractivity contribution in [2.24, 2.45) is 0 Å². The van der Waals surface area contributed by atoms with E-state index in [-0.39, 0.29) is 12.7 Å². The molecule has 0 amide bonds. The lowest BCUT2D eigenvalue weighted by Crippen LogP contribution is -2.37. The predicted molar refractivity (Wildman–Crippen MR) is 70.9 cm³/mol. The highest BCUT2D eigenvalue weighted by atomic mass is 32.1. The normalized spacial score (nSPS) is 18.1. The number of nitrogens with zero attached hydrogens (tertiary/aromatic N) is 1. The smallest absolute Gasteiger partial charge is 0.329 e. The van der Waals surface area contributed by atoms with Gasteiger partial charge >= 0.3 is 5.97 Å². The van der Waals surface area contributed by atoms with Gasteiger partial charge in [-0.05, 0) is 31.9 Å². The Morgan fingerprint density at radius 1 is 1.50 bits per heavy atom. The van der Waals surface area contributed by atoms with Gasteiger partial charge in [-0.2, -0.15) is 0 Å². The van der Waals surface area contributed by atoms with Gasteiger partial charge in [-0.15, -0.1) is 11.3 Å². The molecule has 100 valence electrons. The highest BCUT2D eigenvalue weighted by molar-refractivity contribution is 7.11. The van der Waals surface area contributed by atoms with Crippen molar-refractivity contribution in [1.82, 2.24) is 4.90 Å². The summed E-state index contributed by atoms with van der Waals surface area (Å²) in [5, 5.41) is 8.56. The van der Waals surface area contributed by atoms with Crippen LogP contribution < -0.4 is 0 Å². The predicted octanol–water partition coefficient (Wildman–Crippen LogP) is 2.12. The fourth-order valence-corrected chi connectivity index (χ4v) is 3.15. The number of likely N-dealkylation sites (tertiary alicyclic amines) is 1. The van der Waals surface area contributed by atoms with Crippen LogP contribution in [0.3, 0.4) is 0 Å². The number of thiophene rings is 1. The standard InChI is InChI=1S/C13H19NO3S/c1-10-2-3-12(18-10)8-14-6-4-11(5-7-14)17-9-13(15)16/h2-3,11H,4-9H2,1H3,(H,15,16). The first kappa shape index (κ1) is 13.5. The molecule has 0 spiro atoms. The number of rotatable bonds is 5. The fourth-order valence-electron chi connectivity index (χ4n) is 2.21. The van der Waals surface area contributed by atoms with E-state index in [2.05, 4.69) is 24.0 Å². The van der Waals surface area contributed by atoms with Crippen molar-refractivity contribution in [2.75, 3.05) is 19.7 Å². The number of piperidine rings is 1. The summed E-state index contributed by atoms with van der Waals surface area (Å²) in [4.78, 5) is 15.6. The Morgan fingerprint density at radius 3 is 2.78 bits per heavy atom. The molecule has 1 fully saturated rings. The molecule has 1 aromatic heterocycles. The number of hydrogen-bond acceptors (Lipinski definition) is 4. The van der Waals surface area contributed by atoms with Gasteiger partial charge in [0.05, 0.1) is 6.10 Å². The number of ether oxygens (including phenoxy) is 1. The monoisotopic (exact) mass is 269 g/mol. The molecule has 5 heteroatoms. The van der Waals surface area contributed by atoms with Crippen molar-refractivity contribution in [1.29, 1.82) is 0 Å². The molecule has 0 saturated carbocycles. The van der Waals surface area contributed by atoms with E-state index in [1.165, 1.54) is 9.75 Å². The number of hydrogen-bond donors (Lipinski definition) is 1. The summed E-state index contributed by atoms with van der Waals surface area (Å²) in [5.74, 6) is -0.883. The lowest BCUT2D eigenvalue weighted by Gasteiger charge is -2.31. The number of carbonyl (C=O) groups is 1. The van der Waals surface area contributed by atoms with E-state index in [9.17, 15) is 4.79 Å². The summed E-state index contributed by atoms with van der Waals surface area (Å²) in [6.07, 6.45) is 1.97. The van der Waals surface area contributed by atoms with Crippen molar-refractivity contribution < 1.29 is 14.6 Å². The summed E-state index contributed by atoms with van der Waals surface area (Å²) in [5.41, 5.74) is 0. The third kappa shape index (κ3) is 4.08. The quantitative estimate of drug-likeness (QED) is 0.889. The minimum Gasteiger partial charge on any atom is -0.480 e. The largest absolute Gasteiger partial charge is 0.480 e. The molecule has 0 atom stereocenters. The Balaban J connectivity index is 1.71. The molecular formula is C13H19NO3S. The van der Waals surface area contributed by atoms with E-state index < -0.39 is 5.97 Å². The second-order valence-corrected chi connectivity index (χ2v) is 6.07. The lowest BCUT2D eigenvalue weighted by molar-refractivity contribution is -0.145. The third-order valence-corrected chi connectivity index (χ3v) is 4.14. The zero-order valence-electron chi connectivity index (χ0n) is 10.6. The van der Waals surface area contributed by atoms with Crippen LogP contribution in [0.1, 0.15) is 22.6 Å². The summed E-state index contributed by atoms with van der Waals surface area (Å²) >= 11 is 1.85. The number of aliphatic carboxylic acids is 1. The van der Waals surface area contributed by atoms with Crippen molar-refractivity contribution in [3.63, 3.8) is 0 Å². The summed E-state index contributed by atoms with van der Waals surface area (Å²) in [6, 6.07) is 4.34. The van der Waals surface area contributed by atoms with Crippen LogP contribution in [0.15, 0.2) is 12.1 Å². The molecule has 1 aliphatic heterocycles. The number of carboxylic acid groups (broad SMARTS) is 1. The second kappa shape index (κ2) is 6.31. The Hall–Kier alpha value is -0.910. The van der Waals surface area contributed by atoms with Crippen LogP contribution in [0.2, 0.25) is 0 Å². The Bertz CT molecular complexity index is 397. The van der Waals surface area contributed by atoms with Gasteiger partial charge in [-0.25, -0.2) is 4.79 Å². The van der Waals surface area contributed by atoms with Gasteiger partial charge in [0.15, 0.2) is 0 Å². The summed E-state index contributed by atoms with van der Waals surface area (Å²) in [7, 11) is 0. The van der Waals surface area contributed by atoms with Gasteiger partial charge < -0.3 is 9.84 Å². The molecule has 4 nitrogen and oxygen atoms in total. The van der Waals surface area contributed by atoms with Crippen molar-refractivity contribution in [2.45, 2.75) is 32.4 Å². The van der Waals surface area contributed by atoms with Gasteiger partial charge in [0, 0.05) is 29.4 Å². The van der Waals surface area contributed by atoms with Crippen LogP contribution in [-0.4, -0.2) is 41.8 Å². The van der Waals surface area contributed by atoms with E-state index in [1.54, 1.807) is 0 Å². The van der Waals surface area contributed by atoms with E-state index in [4.69, 9.17) is 9.84 Å². The molecule has 0 aliphatic carbocycles. The molecule has 1 saturated heterocycles. The second-order valence-electron chi connectivity index (χ2n) is 4.69. The number of carboxylic acids is 1. The molecule has 2 heterocycles. The van der Waals surface area contributed by atoms with E-state index in [0.717, 1.165) is 32.5 Å². The molecule has 1 aromatic rings. The molecule has 1 aliphatic rings. The van der Waals surface area contributed by atoms with E-state index >= 15 is 0 Å². The van der Waals surface area contributed by atoms with Crippen LogP contribution in [0, 0.1) is 6.92 Å². The van der Waals surface area contributed by atoms with Crippen LogP contribution in [0.25, 0.3) is 0 Å². The Kier molecular flexibility index (Phi) is 4.74. The van der Waals surface area contributed by atoms with Gasteiger partial charge in [0.2, 0.25) is 0 Å². The van der Waals surface area contributed by atoms with E-state index in [1.807, 2.05) is 11.3 Å². The average Bonchev–Trinajstić information content (AvgIpc) is 2.74. The highest BCUT2D eigenvalue weighted by Gasteiger charge is 2.20. The van der Waals surface area contributed by atoms with Gasteiger partial charge in [0.1, 0.15) is 6.61 Å². The topological polar surface area (TPSA) is 49.8 Å². The first-order valence-electron chi connectivity index (χ1n) is 6.24. The van der Waals surface area contributed by atoms with Crippen LogP contribution in [0.5, 0.6) is 0 Å². The van der Waals surface area contributed by atoms with Crippen LogP contribution in [-0.2, 0) is 16.1 Å². The summed E-state index contributed by atoms with van der Waals surface area (Å²) in [6.45, 7) is 4.93. The lowest BCUT2D eigenvalue weighted by atomic mass is 10.1. The molecule has 0 radical (unpaired) electrons. The Labute approximate surface area is 111 Å². The maximum Gasteiger partial charge on any atom is 0.329 e. The SMILES string of the molecule is Cc1ccc(CN2CCC(OCC(=O)O)CC2)s1. The van der Waals surface area contributed by atoms with Gasteiger partial charge in [-0.1, -0.05) is 0 Å². The molecule has 18 heavy (non-hydrogen) atoms. The minimum absolute atomic E-state index is 0.113. The molecule has 0 bridgehead atoms. The van der Waals surface area contributed by atoms with Crippen molar-refractivity contribution in [3.05, 3.63) is 21.9 Å². The maximum absolute atomic E-state index is 10.4. The van der Waals surface area contributed by atoms with Crippen LogP contribution >= 0.6 is 11.3 Å². The minimum atomic E-state index is -0.883. The average molecular weight is 269 g/mol. The van der Waals surface area contributed by atoms with Crippen LogP contribution in [0.4, 0.5) is 0 Å². The zero-order chi connectivity index (χ0) is 13.0. The molecule has 0 unspecified atom stereocenters. The molecule has 0 aromatic carbocycles. The Morgan fingerprint density at radius 2 is 2.22 bits per heavy atom. The van der Waals surface area contributed by atoms with Gasteiger partial charge in [0.25, 0.3) is 0 Å². The third-order valence-electron chi connectivity index (χ3n) is 3.15. The first-order chi connectivity index (χ1) is 8.63. The highest BCUT2D eigenvalue weighted by Crippen LogP contribution is 2.20. The zero-order valence-corrected chi connectivity index (χ0v) is 11.4. The van der Waals surface area contributed by atoms with Gasteiger partial charge in [-0.3, -0.25) is 4.90 Å². The van der Waals surface area contributed by atoms with E-state index in [0.29, 0.717) is 0 Å². The fraction of sp³-hybridized carbons (Fsp3) is 0.615. The molecular weight excluding hydrogens is 250 g/mol. The maximum atomic E-state index is 10.4. The molecule has 2 rings (SSSR count). The first-order valence-corrected chi connectivity index (χ1v) is 7.06. The molecule has 1 N–H and O–H groups in total. The summed E-state index contributed by atoms with van der Waals surface area (Å²) < 4.78 is 5.32. The van der Waals surface area contributed by atoms with Crippen molar-refractivity contribution >= 4 is 17.3 Å². The number of aryl methyl sites for hydroxylation is 1. The van der Waals surface area contributed by atoms with Crippen molar-refractivity contribution in [3.8, 4) is 0 Å².